The Bertz CT molecular complexity index is 1090. The molecule has 2 aromatic carbocycles. The minimum atomic E-state index is 0.114. The molecule has 6 nitrogen and oxygen atoms in total. The number of carbonyl (C=O) groups excluding carboxylic acids is 1. The number of piperidine rings is 1. The molecule has 2 aliphatic heterocycles. The lowest BCUT2D eigenvalue weighted by molar-refractivity contribution is -0.116. The number of fused-ring (bicyclic) bond motifs is 3. The standard InChI is InChI=1S/C24H25N5OS/c1-16-8-9-21-18(12-16)19-14-28(2)11-10-22(19)29(21)23(30)15-31-24-25-13-20(26-27-24)17-6-4-3-5-7-17/h3-9,12-13,19,22H,10-11,14-15H2,1-2H3/t19-,22+/m0/s1. The molecule has 0 radical (unpaired) electrons. The number of hydrogen-bond donors (Lipinski definition) is 0. The van der Waals surface area contributed by atoms with E-state index in [9.17, 15) is 4.79 Å². The molecule has 31 heavy (non-hydrogen) atoms. The van der Waals surface area contributed by atoms with Gasteiger partial charge < -0.3 is 9.80 Å². The van der Waals surface area contributed by atoms with Crippen molar-refractivity contribution in [2.45, 2.75) is 30.5 Å². The SMILES string of the molecule is Cc1ccc2c(c1)[C@@H]1CN(C)CC[C@H]1N2C(=O)CSc1ncc(-c2ccccc2)nn1. The van der Waals surface area contributed by atoms with E-state index in [1.165, 1.54) is 22.9 Å². The fourth-order valence-corrected chi connectivity index (χ4v) is 5.29. The molecule has 1 amide bonds. The van der Waals surface area contributed by atoms with Gasteiger partial charge in [0.25, 0.3) is 0 Å². The highest BCUT2D eigenvalue weighted by atomic mass is 32.2. The number of aromatic nitrogens is 3. The van der Waals surface area contributed by atoms with E-state index in [1.54, 1.807) is 6.20 Å². The Kier molecular flexibility index (Phi) is 5.46. The van der Waals surface area contributed by atoms with Crippen molar-refractivity contribution >= 4 is 23.4 Å². The molecule has 3 aromatic rings. The molecule has 0 bridgehead atoms. The zero-order valence-electron chi connectivity index (χ0n) is 17.7. The molecule has 1 fully saturated rings. The lowest BCUT2D eigenvalue weighted by atomic mass is 9.89. The van der Waals surface area contributed by atoms with Crippen molar-refractivity contribution in [2.75, 3.05) is 30.8 Å². The first-order valence-corrected chi connectivity index (χ1v) is 11.6. The van der Waals surface area contributed by atoms with Gasteiger partial charge in [-0.05, 0) is 38.6 Å². The minimum Gasteiger partial charge on any atom is -0.308 e. The first-order valence-electron chi connectivity index (χ1n) is 10.6. The molecule has 3 heterocycles. The fraction of sp³-hybridized carbons (Fsp3) is 0.333. The summed E-state index contributed by atoms with van der Waals surface area (Å²) in [6.07, 6.45) is 2.71. The summed E-state index contributed by atoms with van der Waals surface area (Å²) in [5, 5.41) is 9.03. The Labute approximate surface area is 186 Å². The number of nitrogens with zero attached hydrogens (tertiary/aromatic N) is 5. The Morgan fingerprint density at radius 3 is 2.77 bits per heavy atom. The monoisotopic (exact) mass is 431 g/mol. The number of amides is 1. The number of hydrogen-bond acceptors (Lipinski definition) is 6. The predicted octanol–water partition coefficient (Wildman–Crippen LogP) is 3.77. The number of anilines is 1. The normalized spacial score (nSPS) is 20.4. The number of carbonyl (C=O) groups is 1. The van der Waals surface area contributed by atoms with Crippen molar-refractivity contribution in [3.05, 3.63) is 65.9 Å². The first kappa shape index (κ1) is 20.2. The van der Waals surface area contributed by atoms with E-state index in [4.69, 9.17) is 0 Å². The molecule has 1 saturated heterocycles. The average molecular weight is 432 g/mol. The van der Waals surface area contributed by atoms with Crippen molar-refractivity contribution in [3.63, 3.8) is 0 Å². The van der Waals surface area contributed by atoms with Crippen LogP contribution in [0.3, 0.4) is 0 Å². The van der Waals surface area contributed by atoms with Crippen LogP contribution in [0.25, 0.3) is 11.3 Å². The zero-order valence-corrected chi connectivity index (χ0v) is 18.5. The van der Waals surface area contributed by atoms with Gasteiger partial charge in [0.05, 0.1) is 11.9 Å². The smallest absolute Gasteiger partial charge is 0.237 e. The summed E-state index contributed by atoms with van der Waals surface area (Å²) in [6, 6.07) is 16.5. The van der Waals surface area contributed by atoms with Crippen molar-refractivity contribution in [1.82, 2.24) is 20.1 Å². The van der Waals surface area contributed by atoms with Gasteiger partial charge >= 0.3 is 0 Å². The van der Waals surface area contributed by atoms with Crippen molar-refractivity contribution in [2.24, 2.45) is 0 Å². The summed E-state index contributed by atoms with van der Waals surface area (Å²) in [4.78, 5) is 22.1. The molecule has 0 spiro atoms. The maximum absolute atomic E-state index is 13.3. The third-order valence-electron chi connectivity index (χ3n) is 6.16. The van der Waals surface area contributed by atoms with Crippen molar-refractivity contribution in [3.8, 4) is 11.3 Å². The second-order valence-corrected chi connectivity index (χ2v) is 9.27. The highest BCUT2D eigenvalue weighted by Crippen LogP contribution is 2.45. The van der Waals surface area contributed by atoms with E-state index in [1.807, 2.05) is 35.2 Å². The van der Waals surface area contributed by atoms with Gasteiger partial charge in [0.1, 0.15) is 5.69 Å². The number of benzene rings is 2. The van der Waals surface area contributed by atoms with Gasteiger partial charge in [-0.25, -0.2) is 4.98 Å². The third kappa shape index (κ3) is 3.95. The number of thioether (sulfide) groups is 1. The summed E-state index contributed by atoms with van der Waals surface area (Å²) in [6.45, 7) is 4.12. The molecule has 0 N–H and O–H groups in total. The van der Waals surface area contributed by atoms with Gasteiger partial charge in [-0.3, -0.25) is 4.79 Å². The van der Waals surface area contributed by atoms with Crippen molar-refractivity contribution in [1.29, 1.82) is 0 Å². The Morgan fingerprint density at radius 1 is 1.16 bits per heavy atom. The fourth-order valence-electron chi connectivity index (χ4n) is 4.67. The highest BCUT2D eigenvalue weighted by Gasteiger charge is 2.43. The Hall–Kier alpha value is -2.77. The van der Waals surface area contributed by atoms with Gasteiger partial charge in [0.15, 0.2) is 0 Å². The minimum absolute atomic E-state index is 0.114. The second-order valence-electron chi connectivity index (χ2n) is 8.33. The van der Waals surface area contributed by atoms with Crippen LogP contribution in [0.2, 0.25) is 0 Å². The molecule has 0 saturated carbocycles. The Balaban J connectivity index is 1.31. The van der Waals surface area contributed by atoms with Crippen LogP contribution in [-0.4, -0.2) is 57.9 Å². The van der Waals surface area contributed by atoms with Crippen molar-refractivity contribution < 1.29 is 4.79 Å². The van der Waals surface area contributed by atoms with Gasteiger partial charge in [-0.2, -0.15) is 0 Å². The molecule has 2 atom stereocenters. The van der Waals surface area contributed by atoms with E-state index in [0.29, 0.717) is 16.8 Å². The predicted molar refractivity (Wildman–Crippen MR) is 123 cm³/mol. The maximum Gasteiger partial charge on any atom is 0.237 e. The topological polar surface area (TPSA) is 62.2 Å². The summed E-state index contributed by atoms with van der Waals surface area (Å²) in [5.41, 5.74) is 5.33. The molecule has 7 heteroatoms. The van der Waals surface area contributed by atoms with E-state index >= 15 is 0 Å². The summed E-state index contributed by atoms with van der Waals surface area (Å²) >= 11 is 1.35. The molecular formula is C24H25N5OS. The lowest BCUT2D eigenvalue weighted by Gasteiger charge is -2.36. The first-order chi connectivity index (χ1) is 15.1. The van der Waals surface area contributed by atoms with Gasteiger partial charge in [-0.15, -0.1) is 10.2 Å². The van der Waals surface area contributed by atoms with Crippen LogP contribution in [-0.2, 0) is 4.79 Å². The van der Waals surface area contributed by atoms with E-state index in [-0.39, 0.29) is 11.9 Å². The number of aryl methyl sites for hydroxylation is 1. The number of likely N-dealkylation sites (tertiary alicyclic amines) is 1. The van der Waals surface area contributed by atoms with Crippen LogP contribution < -0.4 is 4.90 Å². The zero-order chi connectivity index (χ0) is 21.4. The molecule has 2 aliphatic rings. The third-order valence-corrected chi connectivity index (χ3v) is 6.99. The molecule has 0 aliphatic carbocycles. The lowest BCUT2D eigenvalue weighted by Crippen LogP contribution is -2.47. The van der Waals surface area contributed by atoms with E-state index in [2.05, 4.69) is 52.3 Å². The van der Waals surface area contributed by atoms with Crippen LogP contribution in [0.5, 0.6) is 0 Å². The molecule has 5 rings (SSSR count). The maximum atomic E-state index is 13.3. The van der Waals surface area contributed by atoms with Gasteiger partial charge in [-0.1, -0.05) is 59.8 Å². The average Bonchev–Trinajstić information content (AvgIpc) is 3.11. The van der Waals surface area contributed by atoms with Crippen LogP contribution in [0, 0.1) is 6.92 Å². The highest BCUT2D eigenvalue weighted by molar-refractivity contribution is 7.99. The molecule has 158 valence electrons. The Morgan fingerprint density at radius 2 is 2.00 bits per heavy atom. The van der Waals surface area contributed by atoms with Gasteiger partial charge in [0, 0.05) is 29.8 Å². The van der Waals surface area contributed by atoms with Crippen LogP contribution in [0.4, 0.5) is 5.69 Å². The van der Waals surface area contributed by atoms with E-state index in [0.717, 1.165) is 36.5 Å². The van der Waals surface area contributed by atoms with Gasteiger partial charge in [0.2, 0.25) is 11.1 Å². The summed E-state index contributed by atoms with van der Waals surface area (Å²) in [7, 11) is 2.16. The number of rotatable bonds is 4. The second kappa shape index (κ2) is 8.40. The van der Waals surface area contributed by atoms with Crippen LogP contribution in [0.15, 0.2) is 59.9 Å². The molecular weight excluding hydrogens is 406 g/mol. The van der Waals surface area contributed by atoms with E-state index < -0.39 is 0 Å². The molecule has 1 aromatic heterocycles. The number of likely N-dealkylation sites (N-methyl/N-ethyl adjacent to an activating group) is 1. The molecule has 0 unspecified atom stereocenters. The van der Waals surface area contributed by atoms with Crippen LogP contribution >= 0.6 is 11.8 Å². The quantitative estimate of drug-likeness (QED) is 0.586. The largest absolute Gasteiger partial charge is 0.308 e. The summed E-state index contributed by atoms with van der Waals surface area (Å²) < 4.78 is 0. The van der Waals surface area contributed by atoms with Crippen LogP contribution in [0.1, 0.15) is 23.5 Å². The summed E-state index contributed by atoms with van der Waals surface area (Å²) in [5.74, 6) is 0.798.